The molecule has 2 aromatic rings. The predicted octanol–water partition coefficient (Wildman–Crippen LogP) is 4.52. The molecule has 1 aliphatic heterocycles. The predicted molar refractivity (Wildman–Crippen MR) is 114 cm³/mol. The molecule has 0 unspecified atom stereocenters. The van der Waals surface area contributed by atoms with Gasteiger partial charge in [0.05, 0.1) is 6.61 Å². The second-order valence-electron chi connectivity index (χ2n) is 6.47. The summed E-state index contributed by atoms with van der Waals surface area (Å²) in [5.41, 5.74) is 2.44. The van der Waals surface area contributed by atoms with Crippen molar-refractivity contribution in [3.8, 4) is 5.75 Å². The second kappa shape index (κ2) is 9.37. The number of hydrogen-bond acceptors (Lipinski definition) is 3. The third kappa shape index (κ3) is 5.44. The van der Waals surface area contributed by atoms with Crippen molar-refractivity contribution >= 4 is 34.6 Å². The van der Waals surface area contributed by atoms with Gasteiger partial charge in [0, 0.05) is 30.0 Å². The normalized spacial score (nSPS) is 13.7. The Bertz CT molecular complexity index is 769. The SMILES string of the molecule is CCOc1ccc(NC(=S)Nc2ccc(C(=O)N3CCCCC3)cc2)cc1. The highest BCUT2D eigenvalue weighted by atomic mass is 32.1. The lowest BCUT2D eigenvalue weighted by atomic mass is 10.1. The third-order valence-electron chi connectivity index (χ3n) is 4.46. The van der Waals surface area contributed by atoms with Gasteiger partial charge in [-0.25, -0.2) is 0 Å². The zero-order valence-corrected chi connectivity index (χ0v) is 16.3. The van der Waals surface area contributed by atoms with Gasteiger partial charge in [-0.05, 0) is 86.9 Å². The highest BCUT2D eigenvalue weighted by Crippen LogP contribution is 2.18. The molecule has 0 aliphatic carbocycles. The van der Waals surface area contributed by atoms with Crippen LogP contribution in [0, 0.1) is 0 Å². The molecule has 0 spiro atoms. The van der Waals surface area contributed by atoms with Crippen molar-refractivity contribution in [2.24, 2.45) is 0 Å². The summed E-state index contributed by atoms with van der Waals surface area (Å²) in [6, 6.07) is 15.1. The van der Waals surface area contributed by atoms with Gasteiger partial charge in [-0.3, -0.25) is 4.79 Å². The van der Waals surface area contributed by atoms with Crippen LogP contribution in [0.3, 0.4) is 0 Å². The molecule has 3 rings (SSSR count). The number of hydrogen-bond donors (Lipinski definition) is 2. The Morgan fingerprint density at radius 2 is 1.52 bits per heavy atom. The van der Waals surface area contributed by atoms with Crippen molar-refractivity contribution in [2.45, 2.75) is 26.2 Å². The van der Waals surface area contributed by atoms with E-state index in [1.807, 2.05) is 60.4 Å². The lowest BCUT2D eigenvalue weighted by Gasteiger charge is -2.26. The number of amides is 1. The molecule has 1 fully saturated rings. The Balaban J connectivity index is 1.54. The highest BCUT2D eigenvalue weighted by Gasteiger charge is 2.17. The van der Waals surface area contributed by atoms with Gasteiger partial charge in [-0.1, -0.05) is 0 Å². The maximum atomic E-state index is 12.5. The molecule has 142 valence electrons. The monoisotopic (exact) mass is 383 g/mol. The van der Waals surface area contributed by atoms with Crippen molar-refractivity contribution in [3.05, 3.63) is 54.1 Å². The van der Waals surface area contributed by atoms with Crippen LogP contribution >= 0.6 is 12.2 Å². The van der Waals surface area contributed by atoms with Gasteiger partial charge < -0.3 is 20.3 Å². The first-order chi connectivity index (χ1) is 13.2. The molecule has 27 heavy (non-hydrogen) atoms. The Labute approximate surface area is 165 Å². The Morgan fingerprint density at radius 1 is 0.963 bits per heavy atom. The van der Waals surface area contributed by atoms with E-state index in [1.54, 1.807) is 0 Å². The average Bonchev–Trinajstić information content (AvgIpc) is 2.70. The standard InChI is InChI=1S/C21H25N3O2S/c1-2-26-19-12-10-18(11-13-19)23-21(27)22-17-8-6-16(7-9-17)20(25)24-14-4-3-5-15-24/h6-13H,2-5,14-15H2,1H3,(H2,22,23,27). The Morgan fingerprint density at radius 3 is 2.07 bits per heavy atom. The van der Waals surface area contributed by atoms with Gasteiger partial charge in [0.25, 0.3) is 5.91 Å². The zero-order valence-electron chi connectivity index (χ0n) is 15.5. The number of carbonyl (C=O) groups excluding carboxylic acids is 1. The fourth-order valence-electron chi connectivity index (χ4n) is 3.07. The number of thiocarbonyl (C=S) groups is 1. The first kappa shape index (κ1) is 19.2. The van der Waals surface area contributed by atoms with Crippen LogP contribution in [-0.2, 0) is 0 Å². The van der Waals surface area contributed by atoms with Crippen molar-refractivity contribution in [1.82, 2.24) is 4.90 Å². The van der Waals surface area contributed by atoms with E-state index in [-0.39, 0.29) is 5.91 Å². The molecule has 2 N–H and O–H groups in total. The van der Waals surface area contributed by atoms with Crippen LogP contribution in [0.25, 0.3) is 0 Å². The van der Waals surface area contributed by atoms with E-state index in [4.69, 9.17) is 17.0 Å². The number of anilines is 2. The summed E-state index contributed by atoms with van der Waals surface area (Å²) < 4.78 is 5.43. The molecular weight excluding hydrogens is 358 g/mol. The first-order valence-electron chi connectivity index (χ1n) is 9.36. The molecule has 1 aliphatic rings. The van der Waals surface area contributed by atoms with E-state index in [2.05, 4.69) is 10.6 Å². The van der Waals surface area contributed by atoms with Crippen LogP contribution < -0.4 is 15.4 Å². The third-order valence-corrected chi connectivity index (χ3v) is 4.66. The molecule has 1 amide bonds. The van der Waals surface area contributed by atoms with Crippen molar-refractivity contribution in [2.75, 3.05) is 30.3 Å². The van der Waals surface area contributed by atoms with E-state index in [0.717, 1.165) is 43.1 Å². The molecule has 2 aromatic carbocycles. The molecule has 0 aromatic heterocycles. The Kier molecular flexibility index (Phi) is 6.65. The highest BCUT2D eigenvalue weighted by molar-refractivity contribution is 7.80. The molecule has 5 nitrogen and oxygen atoms in total. The number of benzene rings is 2. The van der Waals surface area contributed by atoms with Gasteiger partial charge in [-0.2, -0.15) is 0 Å². The van der Waals surface area contributed by atoms with Crippen LogP contribution in [0.4, 0.5) is 11.4 Å². The smallest absolute Gasteiger partial charge is 0.253 e. The summed E-state index contributed by atoms with van der Waals surface area (Å²) in [4.78, 5) is 14.4. The van der Waals surface area contributed by atoms with Gasteiger partial charge >= 0.3 is 0 Å². The van der Waals surface area contributed by atoms with Crippen LogP contribution in [0.15, 0.2) is 48.5 Å². The maximum Gasteiger partial charge on any atom is 0.253 e. The lowest BCUT2D eigenvalue weighted by molar-refractivity contribution is 0.0724. The number of nitrogens with zero attached hydrogens (tertiary/aromatic N) is 1. The van der Waals surface area contributed by atoms with E-state index in [0.29, 0.717) is 17.3 Å². The summed E-state index contributed by atoms with van der Waals surface area (Å²) in [7, 11) is 0. The second-order valence-corrected chi connectivity index (χ2v) is 6.87. The lowest BCUT2D eigenvalue weighted by Crippen LogP contribution is -2.35. The van der Waals surface area contributed by atoms with Gasteiger partial charge in [0.2, 0.25) is 0 Å². The van der Waals surface area contributed by atoms with E-state index >= 15 is 0 Å². The number of likely N-dealkylation sites (tertiary alicyclic amines) is 1. The number of nitrogens with one attached hydrogen (secondary N) is 2. The minimum Gasteiger partial charge on any atom is -0.494 e. The molecule has 6 heteroatoms. The van der Waals surface area contributed by atoms with Crippen molar-refractivity contribution in [1.29, 1.82) is 0 Å². The van der Waals surface area contributed by atoms with Gasteiger partial charge in [0.15, 0.2) is 5.11 Å². The zero-order chi connectivity index (χ0) is 19.1. The van der Waals surface area contributed by atoms with E-state index < -0.39 is 0 Å². The Hall–Kier alpha value is -2.60. The topological polar surface area (TPSA) is 53.6 Å². The molecule has 0 bridgehead atoms. The van der Waals surface area contributed by atoms with Gasteiger partial charge in [-0.15, -0.1) is 0 Å². The summed E-state index contributed by atoms with van der Waals surface area (Å²) in [5, 5.41) is 6.77. The largest absolute Gasteiger partial charge is 0.494 e. The van der Waals surface area contributed by atoms with Gasteiger partial charge in [0.1, 0.15) is 5.75 Å². The summed E-state index contributed by atoms with van der Waals surface area (Å²) in [6.07, 6.45) is 3.40. The molecular formula is C21H25N3O2S. The fourth-order valence-corrected chi connectivity index (χ4v) is 3.31. The molecule has 0 saturated carbocycles. The average molecular weight is 384 g/mol. The minimum atomic E-state index is 0.108. The quantitative estimate of drug-likeness (QED) is 0.744. The van der Waals surface area contributed by atoms with Crippen molar-refractivity contribution in [3.63, 3.8) is 0 Å². The number of rotatable bonds is 5. The number of piperidine rings is 1. The number of carbonyl (C=O) groups is 1. The van der Waals surface area contributed by atoms with E-state index in [1.165, 1.54) is 6.42 Å². The summed E-state index contributed by atoms with van der Waals surface area (Å²) >= 11 is 5.36. The summed E-state index contributed by atoms with van der Waals surface area (Å²) in [6.45, 7) is 4.31. The molecule has 1 saturated heterocycles. The molecule has 0 radical (unpaired) electrons. The van der Waals surface area contributed by atoms with Crippen LogP contribution in [0.5, 0.6) is 5.75 Å². The van der Waals surface area contributed by atoms with Crippen LogP contribution in [0.1, 0.15) is 36.5 Å². The number of ether oxygens (including phenoxy) is 1. The fraction of sp³-hybridized carbons (Fsp3) is 0.333. The molecule has 0 atom stereocenters. The van der Waals surface area contributed by atoms with Crippen LogP contribution in [0.2, 0.25) is 0 Å². The molecule has 1 heterocycles. The van der Waals surface area contributed by atoms with Crippen LogP contribution in [-0.4, -0.2) is 35.6 Å². The minimum absolute atomic E-state index is 0.108. The van der Waals surface area contributed by atoms with E-state index in [9.17, 15) is 4.79 Å². The van der Waals surface area contributed by atoms with Crippen molar-refractivity contribution < 1.29 is 9.53 Å². The summed E-state index contributed by atoms with van der Waals surface area (Å²) in [5.74, 6) is 0.937. The maximum absolute atomic E-state index is 12.5. The first-order valence-corrected chi connectivity index (χ1v) is 9.77.